The van der Waals surface area contributed by atoms with Gasteiger partial charge in [-0.1, -0.05) is 12.1 Å². The highest BCUT2D eigenvalue weighted by Gasteiger charge is 2.10. The van der Waals surface area contributed by atoms with Crippen LogP contribution in [0, 0.1) is 13.8 Å². The van der Waals surface area contributed by atoms with Crippen LogP contribution in [0.4, 0.5) is 0 Å². The predicted octanol–water partition coefficient (Wildman–Crippen LogP) is 1.82. The first-order valence-corrected chi connectivity index (χ1v) is 5.46. The molecule has 3 N–H and O–H groups in total. The van der Waals surface area contributed by atoms with Crippen molar-refractivity contribution in [3.63, 3.8) is 0 Å². The molecular weight excluding hydrogens is 202 g/mol. The van der Waals surface area contributed by atoms with Crippen molar-refractivity contribution < 1.29 is 9.90 Å². The number of rotatable bonds is 4. The molecule has 3 nitrogen and oxygen atoms in total. The lowest BCUT2D eigenvalue weighted by atomic mass is 9.94. The van der Waals surface area contributed by atoms with E-state index in [9.17, 15) is 4.79 Å². The number of carboxylic acid groups (broad SMARTS) is 1. The van der Waals surface area contributed by atoms with E-state index >= 15 is 0 Å². The molecule has 0 saturated heterocycles. The van der Waals surface area contributed by atoms with Gasteiger partial charge < -0.3 is 10.8 Å². The maximum absolute atomic E-state index is 10.8. The van der Waals surface area contributed by atoms with Gasteiger partial charge in [-0.15, -0.1) is 0 Å². The molecule has 0 spiro atoms. The molecule has 0 radical (unpaired) electrons. The zero-order valence-corrected chi connectivity index (χ0v) is 10.1. The van der Waals surface area contributed by atoms with Gasteiger partial charge in [0, 0.05) is 6.04 Å². The second-order valence-electron chi connectivity index (χ2n) is 4.46. The molecule has 1 unspecified atom stereocenters. The fourth-order valence-corrected chi connectivity index (χ4v) is 1.80. The van der Waals surface area contributed by atoms with Gasteiger partial charge >= 0.3 is 5.97 Å². The van der Waals surface area contributed by atoms with E-state index in [4.69, 9.17) is 10.8 Å². The van der Waals surface area contributed by atoms with E-state index < -0.39 is 5.97 Å². The van der Waals surface area contributed by atoms with Crippen molar-refractivity contribution in [3.8, 4) is 0 Å². The quantitative estimate of drug-likeness (QED) is 0.815. The number of aryl methyl sites for hydroxylation is 2. The fourth-order valence-electron chi connectivity index (χ4n) is 1.80. The van der Waals surface area contributed by atoms with Gasteiger partial charge in [-0.05, 0) is 49.4 Å². The average Bonchev–Trinajstić information content (AvgIpc) is 2.11. The van der Waals surface area contributed by atoms with Crippen LogP contribution in [0.1, 0.15) is 29.2 Å². The van der Waals surface area contributed by atoms with Crippen molar-refractivity contribution >= 4 is 5.97 Å². The predicted molar refractivity (Wildman–Crippen MR) is 64.6 cm³/mol. The van der Waals surface area contributed by atoms with E-state index in [0.29, 0.717) is 0 Å². The summed E-state index contributed by atoms with van der Waals surface area (Å²) in [7, 11) is 0. The van der Waals surface area contributed by atoms with Gasteiger partial charge in [0.25, 0.3) is 0 Å². The number of carbonyl (C=O) groups is 1. The molecule has 0 aliphatic heterocycles. The lowest BCUT2D eigenvalue weighted by molar-refractivity contribution is -0.136. The molecule has 3 heteroatoms. The van der Waals surface area contributed by atoms with Crippen LogP contribution in [-0.2, 0) is 17.6 Å². The Bertz CT molecular complexity index is 397. The summed E-state index contributed by atoms with van der Waals surface area (Å²) in [5.41, 5.74) is 10.0. The van der Waals surface area contributed by atoms with E-state index in [1.54, 1.807) is 0 Å². The highest BCUT2D eigenvalue weighted by molar-refractivity contribution is 5.71. The van der Waals surface area contributed by atoms with Gasteiger partial charge in [0.1, 0.15) is 0 Å². The Labute approximate surface area is 96.3 Å². The second-order valence-corrected chi connectivity index (χ2v) is 4.46. The lowest BCUT2D eigenvalue weighted by Gasteiger charge is -2.13. The highest BCUT2D eigenvalue weighted by atomic mass is 16.4. The molecule has 16 heavy (non-hydrogen) atoms. The number of benzene rings is 1. The van der Waals surface area contributed by atoms with Crippen LogP contribution in [-0.4, -0.2) is 17.1 Å². The molecular formula is C13H19NO2. The van der Waals surface area contributed by atoms with Crippen molar-refractivity contribution in [2.75, 3.05) is 0 Å². The van der Waals surface area contributed by atoms with Gasteiger partial charge in [0.2, 0.25) is 0 Å². The van der Waals surface area contributed by atoms with Gasteiger partial charge in [0.05, 0.1) is 6.42 Å². The number of carboxylic acids is 1. The molecule has 0 aliphatic carbocycles. The highest BCUT2D eigenvalue weighted by Crippen LogP contribution is 2.18. The average molecular weight is 221 g/mol. The van der Waals surface area contributed by atoms with E-state index in [0.717, 1.165) is 23.1 Å². The molecule has 0 heterocycles. The van der Waals surface area contributed by atoms with Gasteiger partial charge in [-0.2, -0.15) is 0 Å². The topological polar surface area (TPSA) is 63.3 Å². The van der Waals surface area contributed by atoms with Crippen LogP contribution < -0.4 is 5.73 Å². The molecule has 0 aliphatic rings. The summed E-state index contributed by atoms with van der Waals surface area (Å²) in [6.45, 7) is 5.96. The molecule has 0 fully saturated rings. The number of aliphatic carboxylic acids is 1. The van der Waals surface area contributed by atoms with E-state index in [2.05, 4.69) is 6.07 Å². The molecule has 1 rings (SSSR count). The maximum Gasteiger partial charge on any atom is 0.307 e. The Hall–Kier alpha value is -1.35. The smallest absolute Gasteiger partial charge is 0.307 e. The van der Waals surface area contributed by atoms with Crippen LogP contribution in [0.25, 0.3) is 0 Å². The minimum absolute atomic E-state index is 0.0506. The maximum atomic E-state index is 10.8. The summed E-state index contributed by atoms with van der Waals surface area (Å²) in [6.07, 6.45) is 0.799. The molecule has 0 aromatic heterocycles. The van der Waals surface area contributed by atoms with Crippen LogP contribution in [0.15, 0.2) is 12.1 Å². The summed E-state index contributed by atoms with van der Waals surface area (Å²) >= 11 is 0. The molecule has 1 aromatic rings. The first-order valence-electron chi connectivity index (χ1n) is 5.46. The van der Waals surface area contributed by atoms with Crippen LogP contribution >= 0.6 is 0 Å². The van der Waals surface area contributed by atoms with Gasteiger partial charge in [-0.3, -0.25) is 4.79 Å². The summed E-state index contributed by atoms with van der Waals surface area (Å²) in [5.74, 6) is -0.797. The molecule has 88 valence electrons. The largest absolute Gasteiger partial charge is 0.481 e. The summed E-state index contributed by atoms with van der Waals surface area (Å²) in [6, 6.07) is 4.06. The zero-order valence-electron chi connectivity index (χ0n) is 10.1. The van der Waals surface area contributed by atoms with Crippen molar-refractivity contribution in [1.29, 1.82) is 0 Å². The normalized spacial score (nSPS) is 12.5. The number of nitrogens with two attached hydrogens (primary N) is 1. The monoisotopic (exact) mass is 221 g/mol. The van der Waals surface area contributed by atoms with Crippen LogP contribution in [0.2, 0.25) is 0 Å². The number of hydrogen-bond acceptors (Lipinski definition) is 2. The summed E-state index contributed by atoms with van der Waals surface area (Å²) in [4.78, 5) is 10.8. The first-order chi connectivity index (χ1) is 7.40. The third-order valence-electron chi connectivity index (χ3n) is 2.70. The number of hydrogen-bond donors (Lipinski definition) is 2. The van der Waals surface area contributed by atoms with Crippen molar-refractivity contribution in [2.45, 2.75) is 39.7 Å². The van der Waals surface area contributed by atoms with E-state index in [-0.39, 0.29) is 12.5 Å². The second kappa shape index (κ2) is 5.12. The van der Waals surface area contributed by atoms with Gasteiger partial charge in [-0.25, -0.2) is 0 Å². The van der Waals surface area contributed by atoms with Crippen molar-refractivity contribution in [2.24, 2.45) is 5.73 Å². The van der Waals surface area contributed by atoms with E-state index in [1.165, 1.54) is 5.56 Å². The fraction of sp³-hybridized carbons (Fsp3) is 0.462. The Balaban J connectivity index is 3.11. The Morgan fingerprint density at radius 2 is 1.81 bits per heavy atom. The standard InChI is InChI=1S/C13H19NO2/c1-8-4-11(6-10(3)14)12(5-9(8)2)7-13(15)16/h4-5,10H,6-7,14H2,1-3H3,(H,15,16). The first kappa shape index (κ1) is 12.7. The van der Waals surface area contributed by atoms with Crippen molar-refractivity contribution in [3.05, 3.63) is 34.4 Å². The SMILES string of the molecule is Cc1cc(CC(=O)O)c(CC(C)N)cc1C. The molecule has 0 amide bonds. The van der Waals surface area contributed by atoms with E-state index in [1.807, 2.05) is 26.8 Å². The third kappa shape index (κ3) is 3.35. The molecule has 0 bridgehead atoms. The lowest BCUT2D eigenvalue weighted by Crippen LogP contribution is -2.19. The van der Waals surface area contributed by atoms with Crippen molar-refractivity contribution in [1.82, 2.24) is 0 Å². The summed E-state index contributed by atoms with van der Waals surface area (Å²) in [5, 5.41) is 8.85. The minimum Gasteiger partial charge on any atom is -0.481 e. The Morgan fingerprint density at radius 1 is 1.31 bits per heavy atom. The zero-order chi connectivity index (χ0) is 12.3. The Kier molecular flexibility index (Phi) is 4.07. The molecule has 0 saturated carbocycles. The third-order valence-corrected chi connectivity index (χ3v) is 2.70. The molecule has 1 atom stereocenters. The minimum atomic E-state index is -0.797. The summed E-state index contributed by atoms with van der Waals surface area (Å²) < 4.78 is 0. The van der Waals surface area contributed by atoms with Crippen LogP contribution in [0.3, 0.4) is 0 Å². The Morgan fingerprint density at radius 3 is 2.25 bits per heavy atom. The molecule has 1 aromatic carbocycles. The van der Waals surface area contributed by atoms with Crippen LogP contribution in [0.5, 0.6) is 0 Å². The van der Waals surface area contributed by atoms with Gasteiger partial charge in [0.15, 0.2) is 0 Å².